The van der Waals surface area contributed by atoms with Crippen LogP contribution in [0.25, 0.3) is 0 Å². The lowest BCUT2D eigenvalue weighted by Crippen LogP contribution is -2.55. The first-order valence-electron chi connectivity index (χ1n) is 8.52. The van der Waals surface area contributed by atoms with Crippen molar-refractivity contribution in [3.8, 4) is 0 Å². The minimum atomic E-state index is 0.0857. The second-order valence-corrected chi connectivity index (χ2v) is 6.19. The van der Waals surface area contributed by atoms with Gasteiger partial charge in [0.15, 0.2) is 0 Å². The Morgan fingerprint density at radius 3 is 2.00 bits per heavy atom. The summed E-state index contributed by atoms with van der Waals surface area (Å²) >= 11 is 0. The highest BCUT2D eigenvalue weighted by Crippen LogP contribution is 2.37. The highest BCUT2D eigenvalue weighted by atomic mass is 16.5. The molecule has 0 aromatic carbocycles. The molecule has 0 radical (unpaired) electrons. The lowest BCUT2D eigenvalue weighted by Gasteiger charge is -2.43. The van der Waals surface area contributed by atoms with Crippen LogP contribution in [0.5, 0.6) is 0 Å². The predicted molar refractivity (Wildman–Crippen MR) is 83.6 cm³/mol. The summed E-state index contributed by atoms with van der Waals surface area (Å²) in [7, 11) is 1.94. The molecule has 0 aliphatic heterocycles. The van der Waals surface area contributed by atoms with Crippen molar-refractivity contribution < 1.29 is 4.74 Å². The third-order valence-corrected chi connectivity index (χ3v) is 5.06. The fourth-order valence-electron chi connectivity index (χ4n) is 3.81. The van der Waals surface area contributed by atoms with Crippen LogP contribution in [0.2, 0.25) is 0 Å². The minimum absolute atomic E-state index is 0.0857. The summed E-state index contributed by atoms with van der Waals surface area (Å²) in [6.07, 6.45) is 11.6. The van der Waals surface area contributed by atoms with E-state index in [-0.39, 0.29) is 5.60 Å². The van der Waals surface area contributed by atoms with Crippen LogP contribution in [-0.2, 0) is 4.74 Å². The summed E-state index contributed by atoms with van der Waals surface area (Å²) in [6, 6.07) is 0.533. The minimum Gasteiger partial charge on any atom is -0.377 e. The fraction of sp³-hybridized carbons (Fsp3) is 1.00. The maximum Gasteiger partial charge on any atom is 0.0833 e. The number of methoxy groups -OCH3 is 1. The average Bonchev–Trinajstić information content (AvgIpc) is 2.69. The average molecular weight is 269 g/mol. The van der Waals surface area contributed by atoms with Crippen LogP contribution in [0.1, 0.15) is 78.6 Å². The van der Waals surface area contributed by atoms with Crippen LogP contribution in [-0.4, -0.2) is 25.3 Å². The topological polar surface area (TPSA) is 21.3 Å². The van der Waals surface area contributed by atoms with Crippen molar-refractivity contribution in [1.29, 1.82) is 0 Å². The van der Waals surface area contributed by atoms with Crippen LogP contribution >= 0.6 is 0 Å². The van der Waals surface area contributed by atoms with Crippen molar-refractivity contribution in [3.05, 3.63) is 0 Å². The highest BCUT2D eigenvalue weighted by molar-refractivity contribution is 4.97. The lowest BCUT2D eigenvalue weighted by molar-refractivity contribution is -0.0689. The van der Waals surface area contributed by atoms with Gasteiger partial charge in [0.1, 0.15) is 0 Å². The van der Waals surface area contributed by atoms with Crippen molar-refractivity contribution in [1.82, 2.24) is 5.32 Å². The smallest absolute Gasteiger partial charge is 0.0833 e. The zero-order valence-electron chi connectivity index (χ0n) is 13.6. The Balaban J connectivity index is 2.88. The summed E-state index contributed by atoms with van der Waals surface area (Å²) in [5.74, 6) is 0.740. The molecule has 0 aromatic heterocycles. The SMILES string of the molecule is CCCNC(C(CC)CC)C1(OC)CCCCCC1. The van der Waals surface area contributed by atoms with Gasteiger partial charge in [-0.25, -0.2) is 0 Å². The molecule has 2 nitrogen and oxygen atoms in total. The molecule has 1 aliphatic rings. The molecular formula is C17H35NO. The summed E-state index contributed by atoms with van der Waals surface area (Å²) < 4.78 is 6.14. The number of hydrogen-bond donors (Lipinski definition) is 1. The van der Waals surface area contributed by atoms with Gasteiger partial charge in [0.25, 0.3) is 0 Å². The van der Waals surface area contributed by atoms with E-state index in [0.717, 1.165) is 12.5 Å². The number of ether oxygens (including phenoxy) is 1. The summed E-state index contributed by atoms with van der Waals surface area (Å²) in [6.45, 7) is 8.03. The van der Waals surface area contributed by atoms with Crippen molar-refractivity contribution in [2.45, 2.75) is 90.2 Å². The first kappa shape index (κ1) is 17.0. The Morgan fingerprint density at radius 1 is 1.00 bits per heavy atom. The first-order valence-corrected chi connectivity index (χ1v) is 8.52. The van der Waals surface area contributed by atoms with Gasteiger partial charge < -0.3 is 10.1 Å². The molecule has 114 valence electrons. The van der Waals surface area contributed by atoms with Gasteiger partial charge in [-0.15, -0.1) is 0 Å². The van der Waals surface area contributed by atoms with E-state index < -0.39 is 0 Å². The third-order valence-electron chi connectivity index (χ3n) is 5.06. The second-order valence-electron chi connectivity index (χ2n) is 6.19. The van der Waals surface area contributed by atoms with Gasteiger partial charge in [0.05, 0.1) is 5.60 Å². The third kappa shape index (κ3) is 4.46. The van der Waals surface area contributed by atoms with Gasteiger partial charge in [-0.05, 0) is 31.7 Å². The molecule has 1 unspecified atom stereocenters. The Kier molecular flexibility index (Phi) is 8.01. The highest BCUT2D eigenvalue weighted by Gasteiger charge is 2.41. The molecular weight excluding hydrogens is 234 g/mol. The van der Waals surface area contributed by atoms with Crippen molar-refractivity contribution in [3.63, 3.8) is 0 Å². The van der Waals surface area contributed by atoms with Crippen molar-refractivity contribution >= 4 is 0 Å². The normalized spacial score (nSPS) is 21.3. The standard InChI is InChI=1S/C17H35NO/c1-5-14-18-16(15(6-2)7-3)17(19-4)12-10-8-9-11-13-17/h15-16,18H,5-14H2,1-4H3. The molecule has 1 rings (SSSR count). The molecule has 0 heterocycles. The molecule has 1 atom stereocenters. The lowest BCUT2D eigenvalue weighted by atomic mass is 9.77. The summed E-state index contributed by atoms with van der Waals surface area (Å²) in [5.41, 5.74) is 0.0857. The van der Waals surface area contributed by atoms with E-state index in [0.29, 0.717) is 6.04 Å². The van der Waals surface area contributed by atoms with Crippen LogP contribution in [0.15, 0.2) is 0 Å². The second kappa shape index (κ2) is 8.97. The van der Waals surface area contributed by atoms with Crippen LogP contribution in [0.3, 0.4) is 0 Å². The van der Waals surface area contributed by atoms with E-state index >= 15 is 0 Å². The molecule has 19 heavy (non-hydrogen) atoms. The molecule has 0 saturated heterocycles. The largest absolute Gasteiger partial charge is 0.377 e. The quantitative estimate of drug-likeness (QED) is 0.654. The van der Waals surface area contributed by atoms with Crippen molar-refractivity contribution in [2.24, 2.45) is 5.92 Å². The Bertz CT molecular complexity index is 217. The number of rotatable bonds is 8. The molecule has 1 fully saturated rings. The van der Waals surface area contributed by atoms with E-state index in [1.54, 1.807) is 0 Å². The maximum atomic E-state index is 6.14. The van der Waals surface area contributed by atoms with Gasteiger partial charge in [-0.2, -0.15) is 0 Å². The fourth-order valence-corrected chi connectivity index (χ4v) is 3.81. The van der Waals surface area contributed by atoms with Crippen LogP contribution < -0.4 is 5.32 Å². The Labute approximate surface area is 120 Å². The molecule has 0 spiro atoms. The van der Waals surface area contributed by atoms with Gasteiger partial charge in [0, 0.05) is 13.2 Å². The molecule has 1 N–H and O–H groups in total. The summed E-state index contributed by atoms with van der Waals surface area (Å²) in [5, 5.41) is 3.84. The van der Waals surface area contributed by atoms with E-state index in [9.17, 15) is 0 Å². The Hall–Kier alpha value is -0.0800. The molecule has 0 amide bonds. The molecule has 0 aromatic rings. The zero-order chi connectivity index (χ0) is 14.1. The molecule has 1 aliphatic carbocycles. The van der Waals surface area contributed by atoms with Gasteiger partial charge in [0.2, 0.25) is 0 Å². The van der Waals surface area contributed by atoms with Gasteiger partial charge in [-0.1, -0.05) is 59.3 Å². The molecule has 0 bridgehead atoms. The van der Waals surface area contributed by atoms with Crippen molar-refractivity contribution in [2.75, 3.05) is 13.7 Å². The predicted octanol–water partition coefficient (Wildman–Crippen LogP) is 4.53. The number of hydrogen-bond acceptors (Lipinski definition) is 2. The van der Waals surface area contributed by atoms with E-state index in [1.807, 2.05) is 7.11 Å². The summed E-state index contributed by atoms with van der Waals surface area (Å²) in [4.78, 5) is 0. The van der Waals surface area contributed by atoms with Crippen LogP contribution in [0.4, 0.5) is 0 Å². The van der Waals surface area contributed by atoms with E-state index in [1.165, 1.54) is 57.8 Å². The zero-order valence-corrected chi connectivity index (χ0v) is 13.6. The Morgan fingerprint density at radius 2 is 1.58 bits per heavy atom. The monoisotopic (exact) mass is 269 g/mol. The van der Waals surface area contributed by atoms with E-state index in [2.05, 4.69) is 26.1 Å². The van der Waals surface area contributed by atoms with E-state index in [4.69, 9.17) is 4.74 Å². The molecule has 1 saturated carbocycles. The van der Waals surface area contributed by atoms with Crippen LogP contribution in [0, 0.1) is 5.92 Å². The number of nitrogens with one attached hydrogen (secondary N) is 1. The first-order chi connectivity index (χ1) is 9.24. The van der Waals surface area contributed by atoms with Gasteiger partial charge >= 0.3 is 0 Å². The molecule has 2 heteroatoms. The van der Waals surface area contributed by atoms with Gasteiger partial charge in [-0.3, -0.25) is 0 Å². The maximum absolute atomic E-state index is 6.14.